The molecule has 24 heavy (non-hydrogen) atoms. The van der Waals surface area contributed by atoms with E-state index in [2.05, 4.69) is 5.32 Å². The summed E-state index contributed by atoms with van der Waals surface area (Å²) in [5, 5.41) is 3.49. The largest absolute Gasteiger partial charge is 0.350 e. The van der Waals surface area contributed by atoms with Crippen molar-refractivity contribution >= 4 is 29.1 Å². The first-order chi connectivity index (χ1) is 11.4. The predicted octanol–water partition coefficient (Wildman–Crippen LogP) is 3.74. The number of carbonyl (C=O) groups is 2. The molecule has 0 aromatic heterocycles. The minimum Gasteiger partial charge on any atom is -0.350 e. The minimum absolute atomic E-state index is 0.0785. The van der Waals surface area contributed by atoms with Crippen molar-refractivity contribution in [3.05, 3.63) is 64.2 Å². The van der Waals surface area contributed by atoms with Gasteiger partial charge in [0.25, 0.3) is 5.91 Å². The number of nitrogens with one attached hydrogen (secondary N) is 1. The highest BCUT2D eigenvalue weighted by Gasteiger charge is 2.14. The summed E-state index contributed by atoms with van der Waals surface area (Å²) in [6, 6.07) is 12.8. The molecule has 0 aliphatic carbocycles. The lowest BCUT2D eigenvalue weighted by molar-refractivity contribution is -0.116. The van der Waals surface area contributed by atoms with Crippen molar-refractivity contribution in [2.45, 2.75) is 20.8 Å². The number of nitrogens with zero attached hydrogens (tertiary/aromatic N) is 1. The molecule has 2 aromatic carbocycles. The highest BCUT2D eigenvalue weighted by molar-refractivity contribution is 6.30. The van der Waals surface area contributed by atoms with E-state index in [1.807, 2.05) is 44.2 Å². The zero-order valence-corrected chi connectivity index (χ0v) is 14.9. The molecule has 0 bridgehead atoms. The smallest absolute Gasteiger partial charge is 0.251 e. The molecular weight excluding hydrogens is 324 g/mol. The summed E-state index contributed by atoms with van der Waals surface area (Å²) in [6.07, 6.45) is 0. The number of halogens is 1. The lowest BCUT2D eigenvalue weighted by Crippen LogP contribution is -2.37. The molecule has 0 fully saturated rings. The molecule has 2 rings (SSSR count). The van der Waals surface area contributed by atoms with E-state index >= 15 is 0 Å². The maximum absolute atomic E-state index is 12.2. The third-order valence-corrected chi connectivity index (χ3v) is 3.97. The molecule has 4 nitrogen and oxygen atoms in total. The maximum atomic E-state index is 12.2. The molecule has 2 aromatic rings. The van der Waals surface area contributed by atoms with E-state index < -0.39 is 0 Å². The number of hydrogen-bond acceptors (Lipinski definition) is 2. The SMILES string of the molecule is CC(=O)N(CCNC(=O)c1cccc(C)c1)c1ccc(Cl)cc1C. The predicted molar refractivity (Wildman–Crippen MR) is 97.7 cm³/mol. The van der Waals surface area contributed by atoms with E-state index in [0.29, 0.717) is 23.7 Å². The Morgan fingerprint density at radius 1 is 1.12 bits per heavy atom. The maximum Gasteiger partial charge on any atom is 0.251 e. The molecule has 0 heterocycles. The van der Waals surface area contributed by atoms with Crippen LogP contribution in [-0.2, 0) is 4.79 Å². The van der Waals surface area contributed by atoms with Crippen LogP contribution in [0.5, 0.6) is 0 Å². The second-order valence-electron chi connectivity index (χ2n) is 5.73. The van der Waals surface area contributed by atoms with E-state index in [0.717, 1.165) is 16.8 Å². The van der Waals surface area contributed by atoms with E-state index in [9.17, 15) is 9.59 Å². The van der Waals surface area contributed by atoms with Gasteiger partial charge in [-0.05, 0) is 49.7 Å². The zero-order valence-electron chi connectivity index (χ0n) is 14.1. The summed E-state index contributed by atoms with van der Waals surface area (Å²) in [5.74, 6) is -0.222. The van der Waals surface area contributed by atoms with Crippen LogP contribution in [0.1, 0.15) is 28.4 Å². The van der Waals surface area contributed by atoms with Gasteiger partial charge in [-0.3, -0.25) is 9.59 Å². The fraction of sp³-hybridized carbons (Fsp3) is 0.263. The summed E-state index contributed by atoms with van der Waals surface area (Å²) in [4.78, 5) is 25.8. The summed E-state index contributed by atoms with van der Waals surface area (Å²) in [5.41, 5.74) is 3.37. The fourth-order valence-electron chi connectivity index (χ4n) is 2.54. The standard InChI is InChI=1S/C19H21ClN2O2/c1-13-5-4-6-16(11-13)19(24)21-9-10-22(15(3)23)18-8-7-17(20)12-14(18)2/h4-8,11-12H,9-10H2,1-3H3,(H,21,24). The van der Waals surface area contributed by atoms with Crippen LogP contribution in [0.15, 0.2) is 42.5 Å². The Balaban J connectivity index is 2.02. The van der Waals surface area contributed by atoms with Crippen LogP contribution in [0.4, 0.5) is 5.69 Å². The van der Waals surface area contributed by atoms with Gasteiger partial charge in [0.05, 0.1) is 0 Å². The molecule has 1 N–H and O–H groups in total. The Labute approximate surface area is 147 Å². The van der Waals surface area contributed by atoms with E-state index in [1.165, 1.54) is 6.92 Å². The highest BCUT2D eigenvalue weighted by atomic mass is 35.5. The third-order valence-electron chi connectivity index (χ3n) is 3.73. The average molecular weight is 345 g/mol. The van der Waals surface area contributed by atoms with Gasteiger partial charge < -0.3 is 10.2 Å². The summed E-state index contributed by atoms with van der Waals surface area (Å²) >= 11 is 5.97. The van der Waals surface area contributed by atoms with Gasteiger partial charge in [0.1, 0.15) is 0 Å². The normalized spacial score (nSPS) is 10.3. The van der Waals surface area contributed by atoms with Crippen LogP contribution < -0.4 is 10.2 Å². The molecule has 5 heteroatoms. The molecule has 0 saturated carbocycles. The Kier molecular flexibility index (Phi) is 5.99. The first kappa shape index (κ1) is 18.0. The quantitative estimate of drug-likeness (QED) is 0.898. The molecule has 2 amide bonds. The van der Waals surface area contributed by atoms with Crippen LogP contribution in [0, 0.1) is 13.8 Å². The Hall–Kier alpha value is -2.33. The van der Waals surface area contributed by atoms with Crippen molar-refractivity contribution in [3.63, 3.8) is 0 Å². The minimum atomic E-state index is -0.143. The fourth-order valence-corrected chi connectivity index (χ4v) is 2.77. The van der Waals surface area contributed by atoms with Gasteiger partial charge >= 0.3 is 0 Å². The van der Waals surface area contributed by atoms with Crippen molar-refractivity contribution in [2.75, 3.05) is 18.0 Å². The Morgan fingerprint density at radius 2 is 1.88 bits per heavy atom. The van der Waals surface area contributed by atoms with E-state index in [-0.39, 0.29) is 11.8 Å². The Morgan fingerprint density at radius 3 is 2.50 bits per heavy atom. The number of rotatable bonds is 5. The summed E-state index contributed by atoms with van der Waals surface area (Å²) in [7, 11) is 0. The van der Waals surface area contributed by atoms with Gasteiger partial charge in [0.2, 0.25) is 5.91 Å². The molecule has 0 aliphatic rings. The Bertz CT molecular complexity index is 759. The van der Waals surface area contributed by atoms with Crippen molar-refractivity contribution in [3.8, 4) is 0 Å². The van der Waals surface area contributed by atoms with Gasteiger partial charge in [0, 0.05) is 36.3 Å². The van der Waals surface area contributed by atoms with Crippen LogP contribution in [0.3, 0.4) is 0 Å². The number of aryl methyl sites for hydroxylation is 2. The van der Waals surface area contributed by atoms with Crippen LogP contribution in [0.25, 0.3) is 0 Å². The summed E-state index contributed by atoms with van der Waals surface area (Å²) in [6.45, 7) is 6.13. The number of carbonyl (C=O) groups excluding carboxylic acids is 2. The average Bonchev–Trinajstić information content (AvgIpc) is 2.52. The number of anilines is 1. The summed E-state index contributed by atoms with van der Waals surface area (Å²) < 4.78 is 0. The van der Waals surface area contributed by atoms with Gasteiger partial charge in [-0.15, -0.1) is 0 Å². The second-order valence-corrected chi connectivity index (χ2v) is 6.16. The number of hydrogen-bond donors (Lipinski definition) is 1. The first-order valence-corrected chi connectivity index (χ1v) is 8.15. The van der Waals surface area contributed by atoms with Crippen molar-refractivity contribution < 1.29 is 9.59 Å². The molecular formula is C19H21ClN2O2. The van der Waals surface area contributed by atoms with E-state index in [4.69, 9.17) is 11.6 Å². The molecule has 0 radical (unpaired) electrons. The zero-order chi connectivity index (χ0) is 17.7. The van der Waals surface area contributed by atoms with Crippen LogP contribution >= 0.6 is 11.6 Å². The second kappa shape index (κ2) is 7.97. The van der Waals surface area contributed by atoms with E-state index in [1.54, 1.807) is 17.0 Å². The lowest BCUT2D eigenvalue weighted by atomic mass is 10.1. The van der Waals surface area contributed by atoms with Crippen molar-refractivity contribution in [2.24, 2.45) is 0 Å². The third kappa shape index (κ3) is 4.59. The topological polar surface area (TPSA) is 49.4 Å². The van der Waals surface area contributed by atoms with Gasteiger partial charge in [-0.25, -0.2) is 0 Å². The number of benzene rings is 2. The molecule has 0 atom stereocenters. The van der Waals surface area contributed by atoms with Gasteiger partial charge in [-0.2, -0.15) is 0 Å². The monoisotopic (exact) mass is 344 g/mol. The van der Waals surface area contributed by atoms with Crippen molar-refractivity contribution in [1.29, 1.82) is 0 Å². The van der Waals surface area contributed by atoms with Crippen LogP contribution in [0.2, 0.25) is 5.02 Å². The molecule has 0 spiro atoms. The molecule has 0 aliphatic heterocycles. The molecule has 0 saturated heterocycles. The molecule has 0 unspecified atom stereocenters. The number of amides is 2. The highest BCUT2D eigenvalue weighted by Crippen LogP contribution is 2.23. The van der Waals surface area contributed by atoms with Crippen LogP contribution in [-0.4, -0.2) is 24.9 Å². The van der Waals surface area contributed by atoms with Gasteiger partial charge in [0.15, 0.2) is 0 Å². The molecule has 126 valence electrons. The van der Waals surface area contributed by atoms with Crippen molar-refractivity contribution in [1.82, 2.24) is 5.32 Å². The van der Waals surface area contributed by atoms with Gasteiger partial charge in [-0.1, -0.05) is 29.3 Å². The lowest BCUT2D eigenvalue weighted by Gasteiger charge is -2.23. The first-order valence-electron chi connectivity index (χ1n) is 7.77.